The molecule has 4 heteroatoms. The molecule has 4 aliphatic rings. The third-order valence-electron chi connectivity index (χ3n) is 8.01. The summed E-state index contributed by atoms with van der Waals surface area (Å²) < 4.78 is 11.5. The molecule has 0 aromatic heterocycles. The molecule has 2 aromatic carbocycles. The van der Waals surface area contributed by atoms with Gasteiger partial charge in [0.1, 0.15) is 6.61 Å². The van der Waals surface area contributed by atoms with Crippen LogP contribution in [0, 0.1) is 23.2 Å². The van der Waals surface area contributed by atoms with Crippen molar-refractivity contribution >= 4 is 5.91 Å². The molecule has 0 saturated heterocycles. The number of amides is 1. The van der Waals surface area contributed by atoms with Gasteiger partial charge in [-0.3, -0.25) is 4.79 Å². The van der Waals surface area contributed by atoms with Crippen molar-refractivity contribution in [3.8, 4) is 11.5 Å². The Kier molecular flexibility index (Phi) is 5.41. The topological polar surface area (TPSA) is 47.6 Å². The number of methoxy groups -OCH3 is 1. The highest BCUT2D eigenvalue weighted by Crippen LogP contribution is 2.61. The predicted molar refractivity (Wildman–Crippen MR) is 121 cm³/mol. The van der Waals surface area contributed by atoms with Crippen LogP contribution in [0.25, 0.3) is 0 Å². The summed E-state index contributed by atoms with van der Waals surface area (Å²) in [5, 5.41) is 3.35. The van der Waals surface area contributed by atoms with Gasteiger partial charge >= 0.3 is 0 Å². The van der Waals surface area contributed by atoms with Crippen LogP contribution in [0.2, 0.25) is 0 Å². The normalized spacial score (nSPS) is 29.4. The molecule has 1 atom stereocenters. The van der Waals surface area contributed by atoms with Crippen LogP contribution >= 0.6 is 0 Å². The maximum Gasteiger partial charge on any atom is 0.251 e. The average molecular weight is 420 g/mol. The summed E-state index contributed by atoms with van der Waals surface area (Å²) in [5.41, 5.74) is 2.02. The molecule has 31 heavy (non-hydrogen) atoms. The minimum Gasteiger partial charge on any atom is -0.493 e. The summed E-state index contributed by atoms with van der Waals surface area (Å²) in [6, 6.07) is 15.7. The highest BCUT2D eigenvalue weighted by Gasteiger charge is 2.53. The van der Waals surface area contributed by atoms with E-state index >= 15 is 0 Å². The van der Waals surface area contributed by atoms with E-state index in [0.29, 0.717) is 29.1 Å². The maximum atomic E-state index is 13.1. The lowest BCUT2D eigenvalue weighted by Gasteiger charge is -2.59. The molecule has 0 heterocycles. The van der Waals surface area contributed by atoms with Crippen LogP contribution in [0.3, 0.4) is 0 Å². The van der Waals surface area contributed by atoms with Gasteiger partial charge in [-0.05, 0) is 92.4 Å². The second-order valence-electron chi connectivity index (χ2n) is 10.1. The summed E-state index contributed by atoms with van der Waals surface area (Å²) in [7, 11) is 1.62. The van der Waals surface area contributed by atoms with Gasteiger partial charge in [0, 0.05) is 11.6 Å². The van der Waals surface area contributed by atoms with Crippen LogP contribution in [0.1, 0.15) is 61.4 Å². The zero-order valence-electron chi connectivity index (χ0n) is 18.6. The van der Waals surface area contributed by atoms with E-state index in [-0.39, 0.29) is 11.9 Å². The van der Waals surface area contributed by atoms with Crippen LogP contribution < -0.4 is 14.8 Å². The molecule has 1 N–H and O–H groups in total. The molecular formula is C27H33NO3. The van der Waals surface area contributed by atoms with Crippen LogP contribution in [0.5, 0.6) is 11.5 Å². The van der Waals surface area contributed by atoms with E-state index < -0.39 is 0 Å². The fraction of sp³-hybridized carbons (Fsp3) is 0.519. The minimum absolute atomic E-state index is 0.0174. The van der Waals surface area contributed by atoms with Gasteiger partial charge in [0.25, 0.3) is 5.91 Å². The van der Waals surface area contributed by atoms with Gasteiger partial charge in [0.2, 0.25) is 0 Å². The first-order chi connectivity index (χ1) is 15.0. The van der Waals surface area contributed by atoms with E-state index in [1.54, 1.807) is 13.2 Å². The van der Waals surface area contributed by atoms with Crippen molar-refractivity contribution in [2.24, 2.45) is 23.2 Å². The quantitative estimate of drug-likeness (QED) is 0.635. The first kappa shape index (κ1) is 20.4. The average Bonchev–Trinajstić information content (AvgIpc) is 2.77. The predicted octanol–water partition coefficient (Wildman–Crippen LogP) is 5.61. The number of hydrogen-bond acceptors (Lipinski definition) is 3. The van der Waals surface area contributed by atoms with Crippen LogP contribution in [-0.4, -0.2) is 19.1 Å². The SMILES string of the molecule is COc1cc(C(=O)N[C@@H](C)C23CC4CC(CC(C4)C2)C3)ccc1OCc1ccccc1. The van der Waals surface area contributed by atoms with Gasteiger partial charge < -0.3 is 14.8 Å². The first-order valence-electron chi connectivity index (χ1n) is 11.7. The van der Waals surface area contributed by atoms with Crippen molar-refractivity contribution in [2.75, 3.05) is 7.11 Å². The molecule has 164 valence electrons. The number of ether oxygens (including phenoxy) is 2. The number of rotatable bonds is 7. The molecule has 0 aliphatic heterocycles. The van der Waals surface area contributed by atoms with Crippen LogP contribution in [-0.2, 0) is 6.61 Å². The van der Waals surface area contributed by atoms with Gasteiger partial charge in [-0.25, -0.2) is 0 Å². The van der Waals surface area contributed by atoms with Crippen molar-refractivity contribution in [1.82, 2.24) is 5.32 Å². The Morgan fingerprint density at radius 2 is 1.65 bits per heavy atom. The standard InChI is InChI=1S/C27H33NO3/c1-18(27-14-20-10-21(15-27)12-22(11-20)16-27)28-26(29)23-8-9-24(25(13-23)30-2)31-17-19-6-4-3-5-7-19/h3-9,13,18,20-22H,10-12,14-17H2,1-2H3,(H,28,29)/t18-,20?,21?,22?,27?/m0/s1. The summed E-state index contributed by atoms with van der Waals surface area (Å²) in [5.74, 6) is 3.87. The molecule has 0 radical (unpaired) electrons. The lowest BCUT2D eigenvalue weighted by molar-refractivity contribution is -0.0688. The van der Waals surface area contributed by atoms with E-state index in [4.69, 9.17) is 9.47 Å². The highest BCUT2D eigenvalue weighted by atomic mass is 16.5. The number of carbonyl (C=O) groups is 1. The fourth-order valence-corrected chi connectivity index (χ4v) is 6.80. The first-order valence-corrected chi connectivity index (χ1v) is 11.7. The van der Waals surface area contributed by atoms with Crippen molar-refractivity contribution < 1.29 is 14.3 Å². The summed E-state index contributed by atoms with van der Waals surface area (Å²) in [6.45, 7) is 2.69. The lowest BCUT2D eigenvalue weighted by Crippen LogP contribution is -2.55. The molecule has 4 saturated carbocycles. The van der Waals surface area contributed by atoms with Crippen molar-refractivity contribution in [3.63, 3.8) is 0 Å². The summed E-state index contributed by atoms with van der Waals surface area (Å²) >= 11 is 0. The van der Waals surface area contributed by atoms with Gasteiger partial charge in [-0.1, -0.05) is 30.3 Å². The molecular weight excluding hydrogens is 386 g/mol. The number of nitrogens with one attached hydrogen (secondary N) is 1. The van der Waals surface area contributed by atoms with Gasteiger partial charge in [0.05, 0.1) is 7.11 Å². The molecule has 1 amide bonds. The number of hydrogen-bond donors (Lipinski definition) is 1. The summed E-state index contributed by atoms with van der Waals surface area (Å²) in [4.78, 5) is 13.1. The molecule has 4 bridgehead atoms. The van der Waals surface area contributed by atoms with Crippen LogP contribution in [0.15, 0.2) is 48.5 Å². The number of benzene rings is 2. The molecule has 4 fully saturated rings. The molecule has 0 unspecified atom stereocenters. The zero-order chi connectivity index (χ0) is 21.4. The van der Waals surface area contributed by atoms with Gasteiger partial charge in [0.15, 0.2) is 11.5 Å². The Morgan fingerprint density at radius 1 is 1.00 bits per heavy atom. The Bertz CT molecular complexity index is 903. The van der Waals surface area contributed by atoms with Gasteiger partial charge in [-0.15, -0.1) is 0 Å². The Morgan fingerprint density at radius 3 is 2.26 bits per heavy atom. The number of carbonyl (C=O) groups excluding carboxylic acids is 1. The maximum absolute atomic E-state index is 13.1. The van der Waals surface area contributed by atoms with Crippen molar-refractivity contribution in [2.45, 2.75) is 58.1 Å². The smallest absolute Gasteiger partial charge is 0.251 e. The lowest BCUT2D eigenvalue weighted by atomic mass is 9.48. The summed E-state index contributed by atoms with van der Waals surface area (Å²) in [6.07, 6.45) is 8.12. The second-order valence-corrected chi connectivity index (χ2v) is 10.1. The Hall–Kier alpha value is -2.49. The molecule has 2 aromatic rings. The second kappa shape index (κ2) is 8.22. The molecule has 4 nitrogen and oxygen atoms in total. The third-order valence-corrected chi connectivity index (χ3v) is 8.01. The van der Waals surface area contributed by atoms with Crippen LogP contribution in [0.4, 0.5) is 0 Å². The van der Waals surface area contributed by atoms with Crippen molar-refractivity contribution in [3.05, 3.63) is 59.7 Å². The Labute approximate surface area is 185 Å². The molecule has 4 aliphatic carbocycles. The van der Waals surface area contributed by atoms with E-state index in [0.717, 1.165) is 23.3 Å². The third kappa shape index (κ3) is 4.05. The largest absolute Gasteiger partial charge is 0.493 e. The van der Waals surface area contributed by atoms with E-state index in [1.165, 1.54) is 38.5 Å². The van der Waals surface area contributed by atoms with E-state index in [1.807, 2.05) is 42.5 Å². The van der Waals surface area contributed by atoms with Crippen molar-refractivity contribution in [1.29, 1.82) is 0 Å². The molecule has 0 spiro atoms. The monoisotopic (exact) mass is 419 g/mol. The highest BCUT2D eigenvalue weighted by molar-refractivity contribution is 5.95. The minimum atomic E-state index is -0.0174. The fourth-order valence-electron chi connectivity index (χ4n) is 6.80. The van der Waals surface area contributed by atoms with E-state index in [2.05, 4.69) is 12.2 Å². The molecule has 6 rings (SSSR count). The van der Waals surface area contributed by atoms with Gasteiger partial charge in [-0.2, -0.15) is 0 Å². The Balaban J connectivity index is 1.26. The zero-order valence-corrected chi connectivity index (χ0v) is 18.6. The van der Waals surface area contributed by atoms with E-state index in [9.17, 15) is 4.79 Å².